The zero-order valence-electron chi connectivity index (χ0n) is 13.1. The van der Waals surface area contributed by atoms with E-state index in [1.54, 1.807) is 0 Å². The largest absolute Gasteiger partial charge is 0.469 e. The van der Waals surface area contributed by atoms with Crippen molar-refractivity contribution in [2.45, 2.75) is 52.9 Å². The molecule has 0 heterocycles. The van der Waals surface area contributed by atoms with Crippen molar-refractivity contribution in [3.63, 3.8) is 0 Å². The molecule has 2 aliphatic carbocycles. The van der Waals surface area contributed by atoms with Crippen LogP contribution in [0.25, 0.3) is 0 Å². The average Bonchev–Trinajstić information content (AvgIpc) is 2.43. The third-order valence-electron chi connectivity index (χ3n) is 5.97. The second-order valence-corrected chi connectivity index (χ2v) is 6.93. The topological polar surface area (TPSA) is 43.4 Å². The molecule has 0 aromatic carbocycles. The summed E-state index contributed by atoms with van der Waals surface area (Å²) >= 11 is 0. The molecular weight excluding hydrogens is 252 g/mol. The van der Waals surface area contributed by atoms with Crippen LogP contribution >= 0.6 is 0 Å². The van der Waals surface area contributed by atoms with Gasteiger partial charge in [-0.3, -0.25) is 4.79 Å². The number of hydrogen-bond acceptors (Lipinski definition) is 3. The Kier molecular flexibility index (Phi) is 4.08. The lowest BCUT2D eigenvalue weighted by Gasteiger charge is -2.52. The first-order chi connectivity index (χ1) is 9.40. The minimum atomic E-state index is -0.427. The Bertz CT molecular complexity index is 440. The van der Waals surface area contributed by atoms with E-state index in [4.69, 9.17) is 4.74 Å². The van der Waals surface area contributed by atoms with Gasteiger partial charge in [0.1, 0.15) is 6.29 Å². The van der Waals surface area contributed by atoms with Crippen LogP contribution in [0.4, 0.5) is 0 Å². The first kappa shape index (κ1) is 15.3. The van der Waals surface area contributed by atoms with Crippen LogP contribution < -0.4 is 0 Å². The fourth-order valence-electron chi connectivity index (χ4n) is 4.28. The number of carbonyl (C=O) groups excluding carboxylic acids is 2. The summed E-state index contributed by atoms with van der Waals surface area (Å²) in [5.41, 5.74) is 0.797. The summed E-state index contributed by atoms with van der Waals surface area (Å²) in [5, 5.41) is 0. The second kappa shape index (κ2) is 5.34. The van der Waals surface area contributed by atoms with Crippen LogP contribution in [0.5, 0.6) is 0 Å². The van der Waals surface area contributed by atoms with E-state index < -0.39 is 5.41 Å². The van der Waals surface area contributed by atoms with Crippen molar-refractivity contribution in [2.24, 2.45) is 22.7 Å². The highest BCUT2D eigenvalue weighted by Gasteiger charge is 2.52. The molecule has 3 heteroatoms. The van der Waals surface area contributed by atoms with Crippen molar-refractivity contribution >= 4 is 12.3 Å². The molecule has 3 nitrogen and oxygen atoms in total. The number of hydrogen-bond donors (Lipinski definition) is 0. The first-order valence-corrected chi connectivity index (χ1v) is 7.62. The van der Waals surface area contributed by atoms with Gasteiger partial charge in [0.25, 0.3) is 0 Å². The number of ether oxygens (including phenoxy) is 1. The monoisotopic (exact) mass is 278 g/mol. The van der Waals surface area contributed by atoms with Crippen LogP contribution in [0.1, 0.15) is 52.9 Å². The molecule has 0 aromatic rings. The van der Waals surface area contributed by atoms with Crippen molar-refractivity contribution in [2.75, 3.05) is 7.11 Å². The zero-order valence-corrected chi connectivity index (χ0v) is 13.1. The van der Waals surface area contributed by atoms with Crippen molar-refractivity contribution in [1.82, 2.24) is 0 Å². The van der Waals surface area contributed by atoms with Crippen LogP contribution in [0.3, 0.4) is 0 Å². The molecule has 2 aliphatic rings. The van der Waals surface area contributed by atoms with Gasteiger partial charge >= 0.3 is 5.97 Å². The van der Waals surface area contributed by atoms with Gasteiger partial charge in [-0.05, 0) is 49.9 Å². The number of esters is 1. The Balaban J connectivity index is 2.42. The molecule has 2 rings (SSSR count). The van der Waals surface area contributed by atoms with E-state index in [2.05, 4.69) is 19.9 Å². The summed E-state index contributed by atoms with van der Waals surface area (Å²) in [4.78, 5) is 23.4. The van der Waals surface area contributed by atoms with Gasteiger partial charge in [0.2, 0.25) is 0 Å². The number of carbonyl (C=O) groups is 2. The molecule has 4 atom stereocenters. The summed E-state index contributed by atoms with van der Waals surface area (Å²) < 4.78 is 5.06. The van der Waals surface area contributed by atoms with Gasteiger partial charge in [0.15, 0.2) is 0 Å². The molecule has 0 saturated heterocycles. The van der Waals surface area contributed by atoms with E-state index in [0.717, 1.165) is 32.0 Å². The quantitative estimate of drug-likeness (QED) is 0.450. The van der Waals surface area contributed by atoms with Crippen molar-refractivity contribution < 1.29 is 14.3 Å². The van der Waals surface area contributed by atoms with Crippen LogP contribution in [0.2, 0.25) is 0 Å². The first-order valence-electron chi connectivity index (χ1n) is 7.62. The van der Waals surface area contributed by atoms with Crippen LogP contribution in [-0.2, 0) is 14.3 Å². The van der Waals surface area contributed by atoms with Gasteiger partial charge in [-0.15, -0.1) is 0 Å². The lowest BCUT2D eigenvalue weighted by atomic mass is 9.52. The van der Waals surface area contributed by atoms with E-state index in [1.807, 2.05) is 6.92 Å². The van der Waals surface area contributed by atoms with Crippen LogP contribution in [0.15, 0.2) is 11.6 Å². The van der Waals surface area contributed by atoms with Gasteiger partial charge in [-0.25, -0.2) is 0 Å². The van der Waals surface area contributed by atoms with Gasteiger partial charge in [-0.2, -0.15) is 0 Å². The summed E-state index contributed by atoms with van der Waals surface area (Å²) in [5.74, 6) is 0.608. The molecule has 0 spiro atoms. The lowest BCUT2D eigenvalue weighted by molar-refractivity contribution is -0.156. The average molecular weight is 278 g/mol. The normalized spacial score (nSPS) is 40.5. The van der Waals surface area contributed by atoms with E-state index in [9.17, 15) is 9.59 Å². The molecule has 0 amide bonds. The fraction of sp³-hybridized carbons (Fsp3) is 0.765. The summed E-state index contributed by atoms with van der Waals surface area (Å²) in [6, 6.07) is 0. The highest BCUT2D eigenvalue weighted by atomic mass is 16.5. The second-order valence-electron chi connectivity index (χ2n) is 6.93. The van der Waals surface area contributed by atoms with E-state index in [1.165, 1.54) is 12.7 Å². The number of methoxy groups -OCH3 is 1. The number of allylic oxidation sites excluding steroid dienone is 2. The Morgan fingerprint density at radius 2 is 2.15 bits per heavy atom. The standard InChI is InChI=1S/C17H26O3/c1-12-7-8-14-13(16(12,2)10-11-18)6-5-9-17(14,3)15(19)20-4/h6,11-12,14H,5,7-10H2,1-4H3/t12-,14+,16+,17+/m1/s1. The third kappa shape index (κ3) is 2.11. The third-order valence-corrected chi connectivity index (χ3v) is 5.97. The fourth-order valence-corrected chi connectivity index (χ4v) is 4.28. The Hall–Kier alpha value is -1.12. The van der Waals surface area contributed by atoms with Crippen molar-refractivity contribution in [1.29, 1.82) is 0 Å². The Morgan fingerprint density at radius 1 is 1.45 bits per heavy atom. The van der Waals surface area contributed by atoms with Gasteiger partial charge in [0.05, 0.1) is 12.5 Å². The van der Waals surface area contributed by atoms with E-state index >= 15 is 0 Å². The SMILES string of the molecule is COC(=O)[C@@]1(C)CCC=C2[C@@H]1CC[C@@H](C)[C@]2(C)CC=O. The minimum Gasteiger partial charge on any atom is -0.469 e. The van der Waals surface area contributed by atoms with E-state index in [0.29, 0.717) is 12.3 Å². The smallest absolute Gasteiger partial charge is 0.312 e. The van der Waals surface area contributed by atoms with Gasteiger partial charge in [0, 0.05) is 6.42 Å². The van der Waals surface area contributed by atoms with E-state index in [-0.39, 0.29) is 17.3 Å². The number of aldehydes is 1. The maximum atomic E-state index is 12.3. The molecule has 0 aliphatic heterocycles. The lowest BCUT2D eigenvalue weighted by Crippen LogP contribution is -2.47. The van der Waals surface area contributed by atoms with Crippen LogP contribution in [0, 0.1) is 22.7 Å². The van der Waals surface area contributed by atoms with Crippen molar-refractivity contribution in [3.8, 4) is 0 Å². The molecule has 20 heavy (non-hydrogen) atoms. The Morgan fingerprint density at radius 3 is 2.75 bits per heavy atom. The predicted molar refractivity (Wildman–Crippen MR) is 78.1 cm³/mol. The molecule has 0 bridgehead atoms. The molecule has 112 valence electrons. The molecule has 0 radical (unpaired) electrons. The Labute approximate surface area is 121 Å². The molecular formula is C17H26O3. The molecule has 0 unspecified atom stereocenters. The molecule has 0 aromatic heterocycles. The van der Waals surface area contributed by atoms with Crippen molar-refractivity contribution in [3.05, 3.63) is 11.6 Å². The molecule has 0 N–H and O–H groups in total. The number of fused-ring (bicyclic) bond motifs is 1. The summed E-state index contributed by atoms with van der Waals surface area (Å²) in [6.45, 7) is 6.45. The summed E-state index contributed by atoms with van der Waals surface area (Å²) in [7, 11) is 1.47. The number of rotatable bonds is 3. The predicted octanol–water partition coefficient (Wildman–Crippen LogP) is 3.53. The highest BCUT2D eigenvalue weighted by Crippen LogP contribution is 2.57. The van der Waals surface area contributed by atoms with Gasteiger partial charge in [-0.1, -0.05) is 25.5 Å². The zero-order chi connectivity index (χ0) is 15.0. The molecule has 1 saturated carbocycles. The van der Waals surface area contributed by atoms with Crippen LogP contribution in [-0.4, -0.2) is 19.4 Å². The minimum absolute atomic E-state index is 0.0969. The summed E-state index contributed by atoms with van der Waals surface area (Å²) in [6.07, 6.45) is 7.70. The molecule has 1 fully saturated rings. The highest BCUT2D eigenvalue weighted by molar-refractivity contribution is 5.77. The maximum absolute atomic E-state index is 12.3. The maximum Gasteiger partial charge on any atom is 0.312 e. The van der Waals surface area contributed by atoms with Gasteiger partial charge < -0.3 is 9.53 Å².